The van der Waals surface area contributed by atoms with Crippen molar-refractivity contribution in [2.75, 3.05) is 40.0 Å². The molecule has 0 radical (unpaired) electrons. The maximum atomic E-state index is 13.4. The molecule has 0 saturated carbocycles. The molecule has 1 N–H and O–H groups in total. The van der Waals surface area contributed by atoms with Gasteiger partial charge in [-0.15, -0.1) is 0 Å². The standard InChI is InChI=1S/C25H31N3O3/c1-18(20-8-5-4-6-9-20)26-25(29)23-19(2)28(13-12-27-14-16-31-17-15-27)24-21(23)10-7-11-22(24)30-3/h4-11,18H,12-17H2,1-3H3,(H,26,29)/t18-/m1/s1. The number of carbonyl (C=O) groups excluding carboxylic acids is 1. The molecule has 0 spiro atoms. The van der Waals surface area contributed by atoms with Crippen molar-refractivity contribution in [3.8, 4) is 5.75 Å². The van der Waals surface area contributed by atoms with Crippen molar-refractivity contribution in [2.24, 2.45) is 0 Å². The number of benzene rings is 2. The summed E-state index contributed by atoms with van der Waals surface area (Å²) in [6.07, 6.45) is 0. The quantitative estimate of drug-likeness (QED) is 0.631. The molecule has 2 heterocycles. The predicted octanol–water partition coefficient (Wildman–Crippen LogP) is 3.78. The van der Waals surface area contributed by atoms with Crippen LogP contribution in [-0.4, -0.2) is 55.3 Å². The van der Waals surface area contributed by atoms with Gasteiger partial charge in [-0.3, -0.25) is 9.69 Å². The first-order chi connectivity index (χ1) is 15.1. The highest BCUT2D eigenvalue weighted by Crippen LogP contribution is 2.33. The lowest BCUT2D eigenvalue weighted by molar-refractivity contribution is 0.0365. The highest BCUT2D eigenvalue weighted by molar-refractivity contribution is 6.09. The summed E-state index contributed by atoms with van der Waals surface area (Å²) in [5, 5.41) is 4.11. The molecule has 1 amide bonds. The first kappa shape index (κ1) is 21.4. The van der Waals surface area contributed by atoms with E-state index in [-0.39, 0.29) is 11.9 Å². The molecule has 4 rings (SSSR count). The molecule has 0 aliphatic carbocycles. The third-order valence-corrected chi connectivity index (χ3v) is 6.14. The maximum Gasteiger partial charge on any atom is 0.254 e. The fourth-order valence-corrected chi connectivity index (χ4v) is 4.39. The number of morpholine rings is 1. The van der Waals surface area contributed by atoms with Gasteiger partial charge in [0.25, 0.3) is 5.91 Å². The normalized spacial score (nSPS) is 15.7. The van der Waals surface area contributed by atoms with Crippen LogP contribution in [0.25, 0.3) is 10.9 Å². The minimum absolute atomic E-state index is 0.0581. The summed E-state index contributed by atoms with van der Waals surface area (Å²) in [5.41, 5.74) is 3.75. The van der Waals surface area contributed by atoms with E-state index in [9.17, 15) is 4.79 Å². The van der Waals surface area contributed by atoms with Crippen LogP contribution in [0.1, 0.15) is 34.6 Å². The van der Waals surface area contributed by atoms with Gasteiger partial charge in [0.15, 0.2) is 0 Å². The first-order valence-corrected chi connectivity index (χ1v) is 10.9. The lowest BCUT2D eigenvalue weighted by Gasteiger charge is -2.27. The second-order valence-corrected chi connectivity index (χ2v) is 8.03. The lowest BCUT2D eigenvalue weighted by atomic mass is 10.1. The average molecular weight is 422 g/mol. The van der Waals surface area contributed by atoms with E-state index < -0.39 is 0 Å². The molecule has 0 bridgehead atoms. The van der Waals surface area contributed by atoms with E-state index in [1.807, 2.05) is 62.4 Å². The maximum absolute atomic E-state index is 13.4. The predicted molar refractivity (Wildman–Crippen MR) is 123 cm³/mol. The zero-order valence-electron chi connectivity index (χ0n) is 18.6. The Morgan fingerprint density at radius 2 is 1.84 bits per heavy atom. The van der Waals surface area contributed by atoms with Crippen LogP contribution in [0.2, 0.25) is 0 Å². The van der Waals surface area contributed by atoms with Gasteiger partial charge in [-0.1, -0.05) is 42.5 Å². The summed E-state index contributed by atoms with van der Waals surface area (Å²) in [6.45, 7) is 9.19. The third-order valence-electron chi connectivity index (χ3n) is 6.14. The average Bonchev–Trinajstić information content (AvgIpc) is 3.10. The minimum atomic E-state index is -0.0783. The van der Waals surface area contributed by atoms with Crippen LogP contribution in [0.3, 0.4) is 0 Å². The highest BCUT2D eigenvalue weighted by Gasteiger charge is 2.24. The van der Waals surface area contributed by atoms with E-state index in [0.29, 0.717) is 0 Å². The second kappa shape index (κ2) is 9.54. The van der Waals surface area contributed by atoms with E-state index in [4.69, 9.17) is 9.47 Å². The monoisotopic (exact) mass is 421 g/mol. The summed E-state index contributed by atoms with van der Waals surface area (Å²) in [7, 11) is 1.68. The largest absolute Gasteiger partial charge is 0.495 e. The van der Waals surface area contributed by atoms with Gasteiger partial charge in [0.2, 0.25) is 0 Å². The van der Waals surface area contributed by atoms with Crippen molar-refractivity contribution in [3.05, 3.63) is 65.4 Å². The summed E-state index contributed by atoms with van der Waals surface area (Å²) < 4.78 is 13.4. The summed E-state index contributed by atoms with van der Waals surface area (Å²) in [6, 6.07) is 15.9. The Labute approximate surface area is 183 Å². The van der Waals surface area contributed by atoms with Crippen LogP contribution in [0.4, 0.5) is 0 Å². The number of aromatic nitrogens is 1. The van der Waals surface area contributed by atoms with Gasteiger partial charge >= 0.3 is 0 Å². The molecule has 3 aromatic rings. The number of nitrogens with one attached hydrogen (secondary N) is 1. The number of fused-ring (bicyclic) bond motifs is 1. The Bertz CT molecular complexity index is 1040. The molecule has 2 aromatic carbocycles. The fourth-order valence-electron chi connectivity index (χ4n) is 4.39. The smallest absolute Gasteiger partial charge is 0.254 e. The molecular formula is C25H31N3O3. The number of carbonyl (C=O) groups is 1. The Morgan fingerprint density at radius 1 is 1.10 bits per heavy atom. The molecule has 6 nitrogen and oxygen atoms in total. The molecule has 164 valence electrons. The van der Waals surface area contributed by atoms with Crippen LogP contribution in [-0.2, 0) is 11.3 Å². The van der Waals surface area contributed by atoms with Gasteiger partial charge < -0.3 is 19.4 Å². The number of rotatable bonds is 7. The number of amides is 1. The number of hydrogen-bond acceptors (Lipinski definition) is 4. The van der Waals surface area contributed by atoms with Crippen molar-refractivity contribution in [1.29, 1.82) is 0 Å². The Balaban J connectivity index is 1.66. The first-order valence-electron chi connectivity index (χ1n) is 10.9. The highest BCUT2D eigenvalue weighted by atomic mass is 16.5. The van der Waals surface area contributed by atoms with Gasteiger partial charge in [0.1, 0.15) is 5.75 Å². The molecule has 1 saturated heterocycles. The van der Waals surface area contributed by atoms with Gasteiger partial charge in [-0.2, -0.15) is 0 Å². The van der Waals surface area contributed by atoms with Crippen molar-refractivity contribution < 1.29 is 14.3 Å². The van der Waals surface area contributed by atoms with Crippen molar-refractivity contribution >= 4 is 16.8 Å². The molecule has 1 aliphatic rings. The third kappa shape index (κ3) is 4.45. The molecule has 1 aliphatic heterocycles. The van der Waals surface area contributed by atoms with E-state index in [1.165, 1.54) is 0 Å². The lowest BCUT2D eigenvalue weighted by Crippen LogP contribution is -2.38. The summed E-state index contributed by atoms with van der Waals surface area (Å²) in [5.74, 6) is 0.731. The van der Waals surface area contributed by atoms with Crippen molar-refractivity contribution in [2.45, 2.75) is 26.4 Å². The number of hydrogen-bond donors (Lipinski definition) is 1. The zero-order chi connectivity index (χ0) is 21.8. The number of ether oxygens (including phenoxy) is 2. The van der Waals surface area contributed by atoms with Crippen molar-refractivity contribution in [1.82, 2.24) is 14.8 Å². The second-order valence-electron chi connectivity index (χ2n) is 8.03. The van der Waals surface area contributed by atoms with Gasteiger partial charge in [0.05, 0.1) is 37.4 Å². The van der Waals surface area contributed by atoms with E-state index in [1.54, 1.807) is 7.11 Å². The molecule has 0 unspecified atom stereocenters. The van der Waals surface area contributed by atoms with Crippen LogP contribution in [0, 0.1) is 6.92 Å². The summed E-state index contributed by atoms with van der Waals surface area (Å²) in [4.78, 5) is 15.8. The minimum Gasteiger partial charge on any atom is -0.495 e. The number of nitrogens with zero attached hydrogens (tertiary/aromatic N) is 2. The fraction of sp³-hybridized carbons (Fsp3) is 0.400. The van der Waals surface area contributed by atoms with Gasteiger partial charge in [-0.05, 0) is 25.5 Å². The molecule has 31 heavy (non-hydrogen) atoms. The van der Waals surface area contributed by atoms with Crippen LogP contribution in [0.15, 0.2) is 48.5 Å². The number of para-hydroxylation sites is 1. The van der Waals surface area contributed by atoms with Gasteiger partial charge in [-0.25, -0.2) is 0 Å². The van der Waals surface area contributed by atoms with Gasteiger partial charge in [0, 0.05) is 37.3 Å². The van der Waals surface area contributed by atoms with E-state index in [0.717, 1.165) is 72.9 Å². The Kier molecular flexibility index (Phi) is 6.59. The number of methoxy groups -OCH3 is 1. The van der Waals surface area contributed by atoms with Crippen molar-refractivity contribution in [3.63, 3.8) is 0 Å². The topological polar surface area (TPSA) is 55.7 Å². The molecular weight excluding hydrogens is 390 g/mol. The Morgan fingerprint density at radius 3 is 2.55 bits per heavy atom. The Hall–Kier alpha value is -2.83. The molecule has 1 atom stereocenters. The SMILES string of the molecule is COc1cccc2c(C(=O)N[C@H](C)c3ccccc3)c(C)n(CCN3CCOCC3)c12. The zero-order valence-corrected chi connectivity index (χ0v) is 18.6. The summed E-state index contributed by atoms with van der Waals surface area (Å²) >= 11 is 0. The van der Waals surface area contributed by atoms with E-state index in [2.05, 4.69) is 14.8 Å². The van der Waals surface area contributed by atoms with E-state index >= 15 is 0 Å². The van der Waals surface area contributed by atoms with Crippen LogP contribution in [0.5, 0.6) is 5.75 Å². The van der Waals surface area contributed by atoms with Crippen LogP contribution < -0.4 is 10.1 Å². The molecule has 1 aromatic heterocycles. The molecule has 6 heteroatoms. The van der Waals surface area contributed by atoms with Crippen LogP contribution >= 0.6 is 0 Å². The molecule has 1 fully saturated rings.